The molecule has 0 bridgehead atoms. The van der Waals surface area contributed by atoms with Crippen molar-refractivity contribution in [2.45, 2.75) is 13.5 Å². The first-order valence-electron chi connectivity index (χ1n) is 7.51. The highest BCUT2D eigenvalue weighted by Gasteiger charge is 2.19. The summed E-state index contributed by atoms with van der Waals surface area (Å²) in [4.78, 5) is 4.32. The summed E-state index contributed by atoms with van der Waals surface area (Å²) in [6.07, 6.45) is 1.67. The minimum Gasteiger partial charge on any atom is -0.392 e. The fourth-order valence-electron chi connectivity index (χ4n) is 2.88. The summed E-state index contributed by atoms with van der Waals surface area (Å²) in [5.74, 6) is -0.423. The Morgan fingerprint density at radius 1 is 1.12 bits per heavy atom. The van der Waals surface area contributed by atoms with Crippen LogP contribution in [-0.2, 0) is 6.61 Å². The molecule has 0 radical (unpaired) electrons. The Balaban J connectivity index is 2.35. The third-order valence-corrected chi connectivity index (χ3v) is 4.08. The molecular formula is C20H15FN2O. The molecule has 3 aromatic rings. The van der Waals surface area contributed by atoms with Gasteiger partial charge in [-0.25, -0.2) is 4.39 Å². The van der Waals surface area contributed by atoms with Crippen molar-refractivity contribution < 1.29 is 9.50 Å². The molecule has 0 fully saturated rings. The quantitative estimate of drug-likeness (QED) is 0.786. The van der Waals surface area contributed by atoms with Gasteiger partial charge in [0.2, 0.25) is 0 Å². The van der Waals surface area contributed by atoms with E-state index in [9.17, 15) is 14.8 Å². The molecule has 0 aliphatic carbocycles. The number of rotatable bonds is 3. The monoisotopic (exact) mass is 318 g/mol. The first kappa shape index (κ1) is 15.9. The second-order valence-corrected chi connectivity index (χ2v) is 5.41. The largest absolute Gasteiger partial charge is 0.392 e. The van der Waals surface area contributed by atoms with Crippen LogP contribution in [0.25, 0.3) is 22.4 Å². The van der Waals surface area contributed by atoms with Gasteiger partial charge in [-0.15, -0.1) is 0 Å². The van der Waals surface area contributed by atoms with Gasteiger partial charge >= 0.3 is 0 Å². The molecule has 4 heteroatoms. The topological polar surface area (TPSA) is 56.9 Å². The molecule has 0 saturated carbocycles. The predicted octanol–water partition coefficient (Wildman–Crippen LogP) is 4.23. The highest BCUT2D eigenvalue weighted by Crippen LogP contribution is 2.36. The lowest BCUT2D eigenvalue weighted by Crippen LogP contribution is -2.02. The Morgan fingerprint density at radius 3 is 2.50 bits per heavy atom. The van der Waals surface area contributed by atoms with Crippen LogP contribution in [0.1, 0.15) is 16.7 Å². The van der Waals surface area contributed by atoms with Gasteiger partial charge in [0.1, 0.15) is 5.82 Å². The number of nitriles is 1. The van der Waals surface area contributed by atoms with E-state index in [0.29, 0.717) is 27.9 Å². The van der Waals surface area contributed by atoms with Crippen molar-refractivity contribution in [3.63, 3.8) is 0 Å². The van der Waals surface area contributed by atoms with Crippen LogP contribution in [0.3, 0.4) is 0 Å². The smallest absolute Gasteiger partial charge is 0.131 e. The van der Waals surface area contributed by atoms with Gasteiger partial charge in [-0.2, -0.15) is 5.26 Å². The molecule has 1 aromatic heterocycles. The Hall–Kier alpha value is -3.03. The zero-order valence-corrected chi connectivity index (χ0v) is 13.1. The second-order valence-electron chi connectivity index (χ2n) is 5.41. The van der Waals surface area contributed by atoms with Crippen molar-refractivity contribution >= 4 is 0 Å². The molecule has 3 nitrogen and oxygen atoms in total. The maximum Gasteiger partial charge on any atom is 0.131 e. The minimum atomic E-state index is -0.423. The molecule has 0 amide bonds. The summed E-state index contributed by atoms with van der Waals surface area (Å²) >= 11 is 0. The number of aliphatic hydroxyl groups is 1. The van der Waals surface area contributed by atoms with Crippen LogP contribution >= 0.6 is 0 Å². The summed E-state index contributed by atoms with van der Waals surface area (Å²) in [5, 5.41) is 19.5. The zero-order valence-electron chi connectivity index (χ0n) is 13.1. The fraction of sp³-hybridized carbons (Fsp3) is 0.100. The van der Waals surface area contributed by atoms with E-state index in [2.05, 4.69) is 11.1 Å². The average Bonchev–Trinajstić information content (AvgIpc) is 2.62. The Labute approximate surface area is 139 Å². The lowest BCUT2D eigenvalue weighted by molar-refractivity contribution is 0.281. The van der Waals surface area contributed by atoms with E-state index in [-0.39, 0.29) is 6.61 Å². The Morgan fingerprint density at radius 2 is 1.88 bits per heavy atom. The summed E-state index contributed by atoms with van der Waals surface area (Å²) < 4.78 is 14.3. The lowest BCUT2D eigenvalue weighted by atomic mass is 9.87. The van der Waals surface area contributed by atoms with Crippen LogP contribution in [0.2, 0.25) is 0 Å². The third kappa shape index (κ3) is 2.66. The van der Waals surface area contributed by atoms with E-state index in [1.807, 2.05) is 25.1 Å². The van der Waals surface area contributed by atoms with Gasteiger partial charge in [-0.1, -0.05) is 24.3 Å². The number of hydrogen-bond donors (Lipinski definition) is 1. The maximum absolute atomic E-state index is 14.3. The van der Waals surface area contributed by atoms with Crippen molar-refractivity contribution in [1.82, 2.24) is 4.98 Å². The standard InChI is InChI=1S/C20H15FN2O/c1-13-16(19-8-4-5-9-23-19)10-14(11-22)20(17(13)12-24)15-6-2-3-7-18(15)21/h2-10,24H,12H2,1H3. The molecule has 3 rings (SSSR count). The summed E-state index contributed by atoms with van der Waals surface area (Å²) in [6.45, 7) is 1.56. The first-order valence-corrected chi connectivity index (χ1v) is 7.51. The molecular weight excluding hydrogens is 303 g/mol. The van der Waals surface area contributed by atoms with Crippen LogP contribution < -0.4 is 0 Å². The molecule has 24 heavy (non-hydrogen) atoms. The van der Waals surface area contributed by atoms with Crippen molar-refractivity contribution in [3.05, 3.63) is 77.2 Å². The van der Waals surface area contributed by atoms with Crippen molar-refractivity contribution in [2.24, 2.45) is 0 Å². The van der Waals surface area contributed by atoms with Gasteiger partial charge < -0.3 is 5.11 Å². The van der Waals surface area contributed by atoms with E-state index in [1.165, 1.54) is 6.07 Å². The first-order chi connectivity index (χ1) is 11.7. The molecule has 2 aromatic carbocycles. The molecule has 0 spiro atoms. The van der Waals surface area contributed by atoms with Crippen molar-refractivity contribution in [3.8, 4) is 28.5 Å². The normalized spacial score (nSPS) is 10.4. The number of benzene rings is 2. The van der Waals surface area contributed by atoms with Gasteiger partial charge in [0, 0.05) is 22.9 Å². The van der Waals surface area contributed by atoms with E-state index in [0.717, 1.165) is 11.1 Å². The number of hydrogen-bond acceptors (Lipinski definition) is 3. The molecule has 0 aliphatic rings. The van der Waals surface area contributed by atoms with Crippen LogP contribution in [-0.4, -0.2) is 10.1 Å². The van der Waals surface area contributed by atoms with Crippen LogP contribution in [0, 0.1) is 24.1 Å². The Kier molecular flexibility index (Phi) is 4.37. The van der Waals surface area contributed by atoms with Gasteiger partial charge in [-0.05, 0) is 42.3 Å². The summed E-state index contributed by atoms with van der Waals surface area (Å²) in [7, 11) is 0. The molecule has 1 heterocycles. The van der Waals surface area contributed by atoms with E-state index < -0.39 is 5.82 Å². The van der Waals surface area contributed by atoms with Crippen molar-refractivity contribution in [1.29, 1.82) is 5.26 Å². The number of halogens is 1. The average molecular weight is 318 g/mol. The van der Waals surface area contributed by atoms with Crippen LogP contribution in [0.15, 0.2) is 54.7 Å². The van der Waals surface area contributed by atoms with E-state index in [4.69, 9.17) is 0 Å². The highest BCUT2D eigenvalue weighted by atomic mass is 19.1. The highest BCUT2D eigenvalue weighted by molar-refractivity contribution is 5.81. The zero-order chi connectivity index (χ0) is 17.1. The summed E-state index contributed by atoms with van der Waals surface area (Å²) in [6, 6.07) is 15.6. The van der Waals surface area contributed by atoms with Crippen molar-refractivity contribution in [2.75, 3.05) is 0 Å². The van der Waals surface area contributed by atoms with Gasteiger partial charge in [-0.3, -0.25) is 4.98 Å². The number of aliphatic hydroxyl groups excluding tert-OH is 1. The number of nitrogens with zero attached hydrogens (tertiary/aromatic N) is 2. The SMILES string of the molecule is Cc1c(-c2ccccn2)cc(C#N)c(-c2ccccc2F)c1CO. The molecule has 0 aliphatic heterocycles. The van der Waals surface area contributed by atoms with Gasteiger partial charge in [0.25, 0.3) is 0 Å². The number of pyridine rings is 1. The number of aromatic nitrogens is 1. The van der Waals surface area contributed by atoms with Gasteiger partial charge in [0.15, 0.2) is 0 Å². The van der Waals surface area contributed by atoms with Gasteiger partial charge in [0.05, 0.1) is 23.9 Å². The van der Waals surface area contributed by atoms with Crippen LogP contribution in [0.5, 0.6) is 0 Å². The third-order valence-electron chi connectivity index (χ3n) is 4.08. The molecule has 0 atom stereocenters. The lowest BCUT2D eigenvalue weighted by Gasteiger charge is -2.17. The van der Waals surface area contributed by atoms with Crippen LogP contribution in [0.4, 0.5) is 4.39 Å². The molecule has 0 unspecified atom stereocenters. The maximum atomic E-state index is 14.3. The Bertz CT molecular complexity index is 930. The van der Waals surface area contributed by atoms with E-state index in [1.54, 1.807) is 30.5 Å². The predicted molar refractivity (Wildman–Crippen MR) is 90.4 cm³/mol. The van der Waals surface area contributed by atoms with E-state index >= 15 is 0 Å². The minimum absolute atomic E-state index is 0.287. The summed E-state index contributed by atoms with van der Waals surface area (Å²) in [5.41, 5.74) is 3.87. The molecule has 1 N–H and O–H groups in total. The second kappa shape index (κ2) is 6.61. The fourth-order valence-corrected chi connectivity index (χ4v) is 2.88. The molecule has 118 valence electrons. The molecule has 0 saturated heterocycles.